The molecule has 0 radical (unpaired) electrons. The molecule has 0 unspecified atom stereocenters. The fraction of sp³-hybridized carbons (Fsp3) is 0. The van der Waals surface area contributed by atoms with Gasteiger partial charge in [-0.1, -0.05) is 0 Å². The number of hydrogen-bond donors (Lipinski definition) is 1. The molecular weight excluding hydrogens is 50.8 g/mol. The van der Waals surface area contributed by atoms with E-state index in [2.05, 4.69) is 5.64 Å². The van der Waals surface area contributed by atoms with Crippen LogP contribution >= 0.6 is 0 Å². The van der Waals surface area contributed by atoms with Crippen LogP contribution in [0.15, 0.2) is 0 Å². The van der Waals surface area contributed by atoms with E-state index in [4.69, 9.17) is 0 Å². The minimum absolute atomic E-state index is 0.500. The molecule has 0 aromatic heterocycles. The van der Waals surface area contributed by atoms with Crippen molar-refractivity contribution in [2.45, 2.75) is 0 Å². The molecule has 20 valence electrons. The Labute approximate surface area is 35.9 Å². The summed E-state index contributed by atoms with van der Waals surface area (Å²) in [6.07, 6.45) is 0. The molecule has 0 aliphatic rings. The second-order valence-electron chi connectivity index (χ2n) is 0. The zero-order valence-electron chi connectivity index (χ0n) is 2.96. The average molecular weight is 54.8 g/mol. The van der Waals surface area contributed by atoms with Gasteiger partial charge >= 0.3 is 21.6 Å². The molecule has 2 N–H and O–H groups in total. The first-order valence-corrected chi connectivity index (χ1v) is 0.955. The predicted octanol–water partition coefficient (Wildman–Crippen LogP) is -1.47. The quantitative estimate of drug-likeness (QED) is 0.336. The topological polar surface area (TPSA) is 26.0 Å². The third-order valence-corrected chi connectivity index (χ3v) is 0. The van der Waals surface area contributed by atoms with E-state index in [0.717, 1.165) is 0 Å². The average Bonchev–Trinajstić information content (AvgIpc) is 1.50. The molecule has 0 aliphatic carbocycles. The molecule has 0 aromatic carbocycles. The van der Waals surface area contributed by atoms with E-state index in [1.165, 1.54) is 7.98 Å². The van der Waals surface area contributed by atoms with Crippen molar-refractivity contribution >= 4 is 26.2 Å². The summed E-state index contributed by atoms with van der Waals surface area (Å²) in [6, 6.07) is 0. The fourth-order valence-electron chi connectivity index (χ4n) is 0. The Hall–Kier alpha value is 0.552. The van der Waals surface area contributed by atoms with Crippen molar-refractivity contribution in [3.05, 3.63) is 0 Å². The molecule has 0 saturated carbocycles. The first-order chi connectivity index (χ1) is 2.00. The molecule has 0 atom stereocenters. The van der Waals surface area contributed by atoms with Gasteiger partial charge in [-0.15, -0.1) is 0 Å². The first kappa shape index (κ1) is 8.82. The number of nitrogens with two attached hydrogens (primary N) is 1. The van der Waals surface area contributed by atoms with E-state index >= 15 is 0 Å². The van der Waals surface area contributed by atoms with Crippen LogP contribution in [-0.4, -0.2) is 26.2 Å². The minimum atomic E-state index is 0.500. The summed E-state index contributed by atoms with van der Waals surface area (Å²) in [7, 11) is 1.50. The summed E-state index contributed by atoms with van der Waals surface area (Å²) in [4.78, 5) is 0. The zero-order valence-corrected chi connectivity index (χ0v) is 2.96. The van der Waals surface area contributed by atoms with Crippen molar-refractivity contribution < 1.29 is 3.38 Å². The van der Waals surface area contributed by atoms with E-state index in [1.54, 1.807) is 0 Å². The molecule has 0 spiro atoms. The van der Waals surface area contributed by atoms with E-state index in [9.17, 15) is 3.38 Å². The fourth-order valence-corrected chi connectivity index (χ4v) is 0. The second kappa shape index (κ2) is 75.9. The molecule has 4 heteroatoms. The van der Waals surface area contributed by atoms with Gasteiger partial charge in [-0.3, -0.25) is 0 Å². The van der Waals surface area contributed by atoms with E-state index in [0.29, 0.717) is 18.2 Å². The van der Waals surface area contributed by atoms with Gasteiger partial charge in [0.15, 0.2) is 7.98 Å². The van der Waals surface area contributed by atoms with Gasteiger partial charge in [0, 0.05) is 0 Å². The van der Waals surface area contributed by atoms with Crippen LogP contribution in [0.3, 0.4) is 0 Å². The molecule has 1 nitrogen and oxygen atoms in total. The maximum absolute atomic E-state index is 9.50. The Balaban J connectivity index is 0. The van der Waals surface area contributed by atoms with Crippen LogP contribution in [0.1, 0.15) is 0 Å². The molecule has 0 aromatic rings. The van der Waals surface area contributed by atoms with Gasteiger partial charge in [0.2, 0.25) is 0 Å². The van der Waals surface area contributed by atoms with Gasteiger partial charge in [-0.05, 0) is 0 Å². The molecule has 4 heavy (non-hydrogen) atoms. The molecule has 0 saturated heterocycles. The molecule has 0 aliphatic heterocycles. The second-order valence-corrected chi connectivity index (χ2v) is 0. The Kier molecular flexibility index (Phi) is 167. The van der Waals surface area contributed by atoms with Crippen molar-refractivity contribution in [2.75, 3.05) is 0 Å². The predicted molar refractivity (Wildman–Crippen MR) is 19.6 cm³/mol. The molecule has 0 fully saturated rings. The SMILES string of the molecule is BN.[Li][F]. The summed E-state index contributed by atoms with van der Waals surface area (Å²) < 4.78 is 9.50. The Morgan fingerprint density at radius 1 is 1.50 bits per heavy atom. The third-order valence-electron chi connectivity index (χ3n) is 0. The zero-order chi connectivity index (χ0) is 4.00. The number of rotatable bonds is 0. The van der Waals surface area contributed by atoms with Crippen LogP contribution in [0.25, 0.3) is 0 Å². The van der Waals surface area contributed by atoms with Crippen LogP contribution in [-0.2, 0) is 0 Å². The van der Waals surface area contributed by atoms with Gasteiger partial charge in [-0.25, -0.2) is 0 Å². The summed E-state index contributed by atoms with van der Waals surface area (Å²) in [5.41, 5.74) is 4.50. The van der Waals surface area contributed by atoms with Crippen LogP contribution < -0.4 is 5.64 Å². The maximum atomic E-state index is 9.50. The van der Waals surface area contributed by atoms with Gasteiger partial charge in [0.1, 0.15) is 0 Å². The first-order valence-electron chi connectivity index (χ1n) is 0.955. The van der Waals surface area contributed by atoms with Gasteiger partial charge in [-0.2, -0.15) is 0 Å². The van der Waals surface area contributed by atoms with E-state index in [1.807, 2.05) is 0 Å². The Morgan fingerprint density at radius 2 is 1.50 bits per heavy atom. The molecule has 0 amide bonds. The standard InChI is InChI=1S/BH4N.FH.Li/c1-2;;/h1-2H2;1H;/q;;+1/p-1. The van der Waals surface area contributed by atoms with Crippen LogP contribution in [0, 0.1) is 0 Å². The summed E-state index contributed by atoms with van der Waals surface area (Å²) >= 11 is 0.500. The molecular formula is H4BFLiN. The summed E-state index contributed by atoms with van der Waals surface area (Å²) in [5, 5.41) is 0. The Morgan fingerprint density at radius 3 is 1.50 bits per heavy atom. The molecule has 0 bridgehead atoms. The van der Waals surface area contributed by atoms with Gasteiger partial charge in [0.25, 0.3) is 0 Å². The summed E-state index contributed by atoms with van der Waals surface area (Å²) in [5.74, 6) is 0. The van der Waals surface area contributed by atoms with Crippen LogP contribution in [0.4, 0.5) is 3.38 Å². The van der Waals surface area contributed by atoms with Crippen molar-refractivity contribution in [3.63, 3.8) is 0 Å². The Bertz CT molecular complexity index is 8.00. The number of halogens is 1. The molecule has 0 rings (SSSR count). The van der Waals surface area contributed by atoms with Crippen molar-refractivity contribution in [1.82, 2.24) is 0 Å². The van der Waals surface area contributed by atoms with Crippen LogP contribution in [0.2, 0.25) is 0 Å². The monoisotopic (exact) mass is 55.1 g/mol. The van der Waals surface area contributed by atoms with Gasteiger partial charge in [0.05, 0.1) is 0 Å². The van der Waals surface area contributed by atoms with Crippen molar-refractivity contribution in [1.29, 1.82) is 0 Å². The molecule has 0 heterocycles. The number of hydrogen-bond acceptors (Lipinski definition) is 1. The van der Waals surface area contributed by atoms with Crippen molar-refractivity contribution in [2.24, 2.45) is 5.64 Å². The summed E-state index contributed by atoms with van der Waals surface area (Å²) in [6.45, 7) is 0. The van der Waals surface area contributed by atoms with Crippen LogP contribution in [0.5, 0.6) is 0 Å². The van der Waals surface area contributed by atoms with Gasteiger partial charge < -0.3 is 5.64 Å². The normalized spacial score (nSPS) is 3.00. The van der Waals surface area contributed by atoms with E-state index < -0.39 is 0 Å². The van der Waals surface area contributed by atoms with Crippen molar-refractivity contribution in [3.8, 4) is 0 Å². The van der Waals surface area contributed by atoms with E-state index in [-0.39, 0.29) is 0 Å². The third kappa shape index (κ3) is 20.2.